The second kappa shape index (κ2) is 6.88. The van der Waals surface area contributed by atoms with E-state index in [2.05, 4.69) is 38.1 Å². The second-order valence-electron chi connectivity index (χ2n) is 5.99. The highest BCUT2D eigenvalue weighted by Gasteiger charge is 2.22. The molecule has 0 bridgehead atoms. The van der Waals surface area contributed by atoms with E-state index in [9.17, 15) is 9.18 Å². The molecule has 0 aliphatic heterocycles. The topological polar surface area (TPSA) is 57.8 Å². The van der Waals surface area contributed by atoms with Gasteiger partial charge in [-0.05, 0) is 52.8 Å². The van der Waals surface area contributed by atoms with Crippen LogP contribution in [0.1, 0.15) is 35.8 Å². The third-order valence-electron chi connectivity index (χ3n) is 3.97. The molecule has 1 heterocycles. The number of hydrogen-bond acceptors (Lipinski definition) is 2. The summed E-state index contributed by atoms with van der Waals surface area (Å²) < 4.78 is 14.9. The number of H-pyrrole nitrogens is 1. The first-order chi connectivity index (χ1) is 11.5. The second-order valence-corrected chi connectivity index (χ2v) is 7.01. The maximum absolute atomic E-state index is 14.1. The van der Waals surface area contributed by atoms with Crippen molar-refractivity contribution in [2.24, 2.45) is 5.92 Å². The van der Waals surface area contributed by atoms with E-state index in [0.29, 0.717) is 11.1 Å². The highest BCUT2D eigenvalue weighted by Crippen LogP contribution is 2.25. The van der Waals surface area contributed by atoms with Crippen LogP contribution in [0, 0.1) is 15.4 Å². The molecule has 2 aromatic carbocycles. The Morgan fingerprint density at radius 2 is 2.00 bits per heavy atom. The minimum Gasteiger partial charge on any atom is -0.345 e. The number of aromatic amines is 1. The number of halogens is 2. The molecule has 4 nitrogen and oxygen atoms in total. The van der Waals surface area contributed by atoms with E-state index in [1.54, 1.807) is 30.3 Å². The van der Waals surface area contributed by atoms with E-state index in [1.807, 2.05) is 19.9 Å². The summed E-state index contributed by atoms with van der Waals surface area (Å²) in [5.41, 5.74) is 1.91. The first-order valence-electron chi connectivity index (χ1n) is 7.66. The lowest BCUT2D eigenvalue weighted by Gasteiger charge is -2.23. The van der Waals surface area contributed by atoms with Gasteiger partial charge in [0.25, 0.3) is 5.91 Å². The maximum Gasteiger partial charge on any atom is 0.251 e. The average molecular weight is 437 g/mol. The first-order valence-corrected chi connectivity index (χ1v) is 8.74. The number of nitrogens with zero attached hydrogens (tertiary/aromatic N) is 1. The van der Waals surface area contributed by atoms with E-state index >= 15 is 0 Å². The molecule has 0 fully saturated rings. The fraction of sp³-hybridized carbons (Fsp3) is 0.222. The lowest BCUT2D eigenvalue weighted by atomic mass is 9.95. The Morgan fingerprint density at radius 1 is 1.25 bits per heavy atom. The van der Waals surface area contributed by atoms with Crippen LogP contribution in [0.15, 0.2) is 42.5 Å². The summed E-state index contributed by atoms with van der Waals surface area (Å²) in [4.78, 5) is 12.7. The van der Waals surface area contributed by atoms with Gasteiger partial charge in [-0.2, -0.15) is 5.10 Å². The molecule has 1 aromatic heterocycles. The number of hydrogen-bond donors (Lipinski definition) is 2. The molecule has 0 unspecified atom stereocenters. The Morgan fingerprint density at radius 3 is 2.71 bits per heavy atom. The largest absolute Gasteiger partial charge is 0.345 e. The van der Waals surface area contributed by atoms with Gasteiger partial charge < -0.3 is 5.32 Å². The highest BCUT2D eigenvalue weighted by atomic mass is 127. The third-order valence-corrected chi connectivity index (χ3v) is 4.79. The molecule has 0 saturated heterocycles. The number of nitrogens with one attached hydrogen (secondary N) is 2. The van der Waals surface area contributed by atoms with Crippen molar-refractivity contribution >= 4 is 39.4 Å². The van der Waals surface area contributed by atoms with Crippen LogP contribution in [0.4, 0.5) is 4.39 Å². The Kier molecular flexibility index (Phi) is 4.84. The van der Waals surface area contributed by atoms with Crippen LogP contribution in [-0.4, -0.2) is 16.1 Å². The monoisotopic (exact) mass is 437 g/mol. The van der Waals surface area contributed by atoms with Gasteiger partial charge in [-0.1, -0.05) is 32.0 Å². The van der Waals surface area contributed by atoms with Crippen molar-refractivity contribution in [3.05, 3.63) is 63.1 Å². The van der Waals surface area contributed by atoms with Gasteiger partial charge in [0.2, 0.25) is 0 Å². The predicted molar refractivity (Wildman–Crippen MR) is 100 cm³/mol. The fourth-order valence-electron chi connectivity index (χ4n) is 2.68. The summed E-state index contributed by atoms with van der Waals surface area (Å²) in [6.07, 6.45) is 0. The molecule has 0 aliphatic carbocycles. The van der Waals surface area contributed by atoms with Crippen LogP contribution in [0.2, 0.25) is 0 Å². The van der Waals surface area contributed by atoms with Crippen molar-refractivity contribution in [2.45, 2.75) is 19.9 Å². The predicted octanol–water partition coefficient (Wildman–Crippen LogP) is 4.43. The summed E-state index contributed by atoms with van der Waals surface area (Å²) in [6.45, 7) is 3.92. The van der Waals surface area contributed by atoms with Crippen molar-refractivity contribution < 1.29 is 9.18 Å². The van der Waals surface area contributed by atoms with Gasteiger partial charge in [-0.3, -0.25) is 9.89 Å². The number of fused-ring (bicyclic) bond motifs is 1. The van der Waals surface area contributed by atoms with Crippen molar-refractivity contribution in [2.75, 3.05) is 0 Å². The standard InChI is InChI=1S/C18H17FIN3O/c1-10(2)16(12-5-3-4-6-14(12)19)21-18(24)11-7-8-15-13(9-11)17(20)23-22-15/h3-10,16H,1-2H3,(H,21,24)(H,22,23)/t16-/m0/s1. The quantitative estimate of drug-likeness (QED) is 0.594. The Bertz CT molecular complexity index is 891. The molecule has 1 atom stereocenters. The SMILES string of the molecule is CC(C)[C@H](NC(=O)c1ccc2[nH]nc(I)c2c1)c1ccccc1F. The molecule has 0 saturated carbocycles. The molecule has 3 aromatic rings. The molecule has 1 amide bonds. The van der Waals surface area contributed by atoms with Gasteiger partial charge >= 0.3 is 0 Å². The van der Waals surface area contributed by atoms with Gasteiger partial charge in [0.15, 0.2) is 0 Å². The normalized spacial score (nSPS) is 12.5. The molecular formula is C18H17FIN3O. The minimum absolute atomic E-state index is 0.0589. The Balaban J connectivity index is 1.90. The summed E-state index contributed by atoms with van der Waals surface area (Å²) in [5.74, 6) is -0.476. The molecular weight excluding hydrogens is 420 g/mol. The summed E-state index contributed by atoms with van der Waals surface area (Å²) >= 11 is 2.12. The first kappa shape index (κ1) is 16.9. The molecule has 3 rings (SSSR count). The average Bonchev–Trinajstić information content (AvgIpc) is 2.94. The zero-order valence-corrected chi connectivity index (χ0v) is 15.5. The number of carbonyl (C=O) groups excluding carboxylic acids is 1. The molecule has 124 valence electrons. The van der Waals surface area contributed by atoms with Gasteiger partial charge in [-0.15, -0.1) is 0 Å². The van der Waals surface area contributed by atoms with Gasteiger partial charge in [0, 0.05) is 16.5 Å². The van der Waals surface area contributed by atoms with Crippen molar-refractivity contribution in [3.8, 4) is 0 Å². The van der Waals surface area contributed by atoms with E-state index < -0.39 is 6.04 Å². The van der Waals surface area contributed by atoms with E-state index in [0.717, 1.165) is 14.6 Å². The van der Waals surface area contributed by atoms with Gasteiger partial charge in [0.05, 0.1) is 11.6 Å². The smallest absolute Gasteiger partial charge is 0.251 e. The Hall–Kier alpha value is -1.96. The highest BCUT2D eigenvalue weighted by molar-refractivity contribution is 14.1. The lowest BCUT2D eigenvalue weighted by molar-refractivity contribution is 0.0925. The number of aromatic nitrogens is 2. The van der Waals surface area contributed by atoms with Gasteiger partial charge in [-0.25, -0.2) is 4.39 Å². The molecule has 24 heavy (non-hydrogen) atoms. The molecule has 0 aliphatic rings. The summed E-state index contributed by atoms with van der Waals surface area (Å²) in [7, 11) is 0. The van der Waals surface area contributed by atoms with E-state index in [4.69, 9.17) is 0 Å². The van der Waals surface area contributed by atoms with Crippen LogP contribution in [0.5, 0.6) is 0 Å². The van der Waals surface area contributed by atoms with Crippen LogP contribution >= 0.6 is 22.6 Å². The van der Waals surface area contributed by atoms with E-state index in [-0.39, 0.29) is 17.6 Å². The summed E-state index contributed by atoms with van der Waals surface area (Å²) in [6, 6.07) is 11.5. The number of rotatable bonds is 4. The molecule has 6 heteroatoms. The van der Waals surface area contributed by atoms with Crippen molar-refractivity contribution in [3.63, 3.8) is 0 Å². The van der Waals surface area contributed by atoms with Crippen molar-refractivity contribution in [1.29, 1.82) is 0 Å². The van der Waals surface area contributed by atoms with E-state index in [1.165, 1.54) is 6.07 Å². The number of carbonyl (C=O) groups is 1. The van der Waals surface area contributed by atoms with Crippen molar-refractivity contribution in [1.82, 2.24) is 15.5 Å². The fourth-order valence-corrected chi connectivity index (χ4v) is 3.25. The number of amides is 1. The molecule has 2 N–H and O–H groups in total. The Labute approximate surface area is 153 Å². The van der Waals surface area contributed by atoms with Crippen LogP contribution in [-0.2, 0) is 0 Å². The van der Waals surface area contributed by atoms with Crippen LogP contribution < -0.4 is 5.32 Å². The zero-order chi connectivity index (χ0) is 17.3. The third kappa shape index (κ3) is 3.28. The molecule has 0 radical (unpaired) electrons. The van der Waals surface area contributed by atoms with Crippen LogP contribution in [0.25, 0.3) is 10.9 Å². The summed E-state index contributed by atoms with van der Waals surface area (Å²) in [5, 5.41) is 10.9. The minimum atomic E-state index is -0.391. The number of benzene rings is 2. The van der Waals surface area contributed by atoms with Gasteiger partial charge in [0.1, 0.15) is 9.52 Å². The van der Waals surface area contributed by atoms with Crippen LogP contribution in [0.3, 0.4) is 0 Å². The lowest BCUT2D eigenvalue weighted by Crippen LogP contribution is -2.32. The molecule has 0 spiro atoms. The maximum atomic E-state index is 14.1. The zero-order valence-electron chi connectivity index (χ0n) is 13.3.